The summed E-state index contributed by atoms with van der Waals surface area (Å²) in [6.07, 6.45) is 1.33. The minimum atomic E-state index is -1.02. The van der Waals surface area contributed by atoms with Crippen molar-refractivity contribution in [3.8, 4) is 11.5 Å². The second-order valence-corrected chi connectivity index (χ2v) is 8.04. The molecule has 9 nitrogen and oxygen atoms in total. The summed E-state index contributed by atoms with van der Waals surface area (Å²) in [6, 6.07) is 16.3. The average Bonchev–Trinajstić information content (AvgIpc) is 2.86. The van der Waals surface area contributed by atoms with Gasteiger partial charge < -0.3 is 14.6 Å². The van der Waals surface area contributed by atoms with Gasteiger partial charge in [0.2, 0.25) is 0 Å². The number of carbonyl (C=O) groups excluding carboxylic acids is 3. The third kappa shape index (κ3) is 5.21. The number of barbiturate groups is 1. The van der Waals surface area contributed by atoms with Crippen LogP contribution in [0.4, 0.5) is 10.5 Å². The predicted octanol–water partition coefficient (Wildman–Crippen LogP) is 4.29. The summed E-state index contributed by atoms with van der Waals surface area (Å²) in [7, 11) is 1.49. The lowest BCUT2D eigenvalue weighted by atomic mass is 10.1. The fourth-order valence-electron chi connectivity index (χ4n) is 3.42. The fourth-order valence-corrected chi connectivity index (χ4v) is 3.66. The summed E-state index contributed by atoms with van der Waals surface area (Å²) in [5.74, 6) is -1.72. The molecule has 4 amide bonds. The molecule has 0 aromatic heterocycles. The molecule has 3 aromatic carbocycles. The zero-order valence-corrected chi connectivity index (χ0v) is 19.6. The maximum atomic E-state index is 13.0. The van der Waals surface area contributed by atoms with E-state index in [4.69, 9.17) is 26.2 Å². The Morgan fingerprint density at radius 3 is 2.33 bits per heavy atom. The third-order valence-electron chi connectivity index (χ3n) is 5.29. The molecule has 4 rings (SSSR count). The van der Waals surface area contributed by atoms with Gasteiger partial charge in [0.1, 0.15) is 23.7 Å². The monoisotopic (exact) mass is 506 g/mol. The van der Waals surface area contributed by atoms with Gasteiger partial charge in [-0.1, -0.05) is 29.8 Å². The number of hydrogen-bond acceptors (Lipinski definition) is 6. The Morgan fingerprint density at radius 1 is 1.03 bits per heavy atom. The number of ether oxygens (including phenoxy) is 2. The first-order valence-corrected chi connectivity index (χ1v) is 10.9. The first kappa shape index (κ1) is 24.5. The second kappa shape index (κ2) is 10.3. The van der Waals surface area contributed by atoms with Crippen molar-refractivity contribution >= 4 is 47.2 Å². The molecule has 0 bridgehead atoms. The molecule has 0 spiro atoms. The molecule has 0 unspecified atom stereocenters. The minimum Gasteiger partial charge on any atom is -0.497 e. The van der Waals surface area contributed by atoms with Gasteiger partial charge in [-0.2, -0.15) is 0 Å². The van der Waals surface area contributed by atoms with Gasteiger partial charge in [-0.05, 0) is 65.7 Å². The lowest BCUT2D eigenvalue weighted by molar-refractivity contribution is -0.122. The lowest BCUT2D eigenvalue weighted by Gasteiger charge is -2.26. The largest absolute Gasteiger partial charge is 0.497 e. The molecule has 2 N–H and O–H groups in total. The van der Waals surface area contributed by atoms with Crippen molar-refractivity contribution in [1.29, 1.82) is 0 Å². The Balaban J connectivity index is 1.52. The van der Waals surface area contributed by atoms with Gasteiger partial charge in [0.25, 0.3) is 11.8 Å². The highest BCUT2D eigenvalue weighted by Gasteiger charge is 2.36. The summed E-state index contributed by atoms with van der Waals surface area (Å²) in [5.41, 5.74) is 1.39. The van der Waals surface area contributed by atoms with Crippen molar-refractivity contribution in [2.45, 2.75) is 6.61 Å². The van der Waals surface area contributed by atoms with Crippen LogP contribution < -0.4 is 19.7 Å². The highest BCUT2D eigenvalue weighted by Crippen LogP contribution is 2.29. The third-order valence-corrected chi connectivity index (χ3v) is 5.59. The van der Waals surface area contributed by atoms with Crippen molar-refractivity contribution in [1.82, 2.24) is 5.32 Å². The predicted molar refractivity (Wildman–Crippen MR) is 131 cm³/mol. The summed E-state index contributed by atoms with van der Waals surface area (Å²) in [6.45, 7) is 0.153. The molecule has 1 aliphatic heterocycles. The van der Waals surface area contributed by atoms with E-state index in [1.165, 1.54) is 43.5 Å². The van der Waals surface area contributed by atoms with E-state index in [-0.39, 0.29) is 28.5 Å². The second-order valence-electron chi connectivity index (χ2n) is 7.64. The number of hydrogen-bond donors (Lipinski definition) is 2. The summed E-state index contributed by atoms with van der Waals surface area (Å²) in [5, 5.41) is 11.4. The van der Waals surface area contributed by atoms with Crippen LogP contribution in [0.2, 0.25) is 5.02 Å². The van der Waals surface area contributed by atoms with Gasteiger partial charge in [-0.15, -0.1) is 0 Å². The van der Waals surface area contributed by atoms with Crippen molar-refractivity contribution in [2.75, 3.05) is 12.0 Å². The van der Waals surface area contributed by atoms with E-state index in [1.807, 2.05) is 0 Å². The molecule has 182 valence electrons. The number of imide groups is 2. The Bertz CT molecular complexity index is 1380. The molecule has 0 saturated carbocycles. The Morgan fingerprint density at radius 2 is 1.72 bits per heavy atom. The number of halogens is 1. The molecule has 1 heterocycles. The van der Waals surface area contributed by atoms with Crippen molar-refractivity contribution < 1.29 is 33.8 Å². The number of carbonyl (C=O) groups is 4. The molecule has 1 saturated heterocycles. The Hall–Kier alpha value is -4.63. The number of benzene rings is 3. The van der Waals surface area contributed by atoms with Gasteiger partial charge >= 0.3 is 12.0 Å². The normalized spacial score (nSPS) is 14.6. The van der Waals surface area contributed by atoms with E-state index in [1.54, 1.807) is 36.4 Å². The van der Waals surface area contributed by atoms with Crippen LogP contribution in [0.25, 0.3) is 6.08 Å². The number of urea groups is 1. The molecular weight excluding hydrogens is 488 g/mol. The molecule has 3 aromatic rings. The van der Waals surface area contributed by atoms with Gasteiger partial charge in [-0.3, -0.25) is 14.9 Å². The molecule has 36 heavy (non-hydrogen) atoms. The quantitative estimate of drug-likeness (QED) is 0.362. The van der Waals surface area contributed by atoms with E-state index in [0.717, 1.165) is 10.5 Å². The van der Waals surface area contributed by atoms with E-state index in [2.05, 4.69) is 5.32 Å². The topological polar surface area (TPSA) is 122 Å². The summed E-state index contributed by atoms with van der Waals surface area (Å²) >= 11 is 6.34. The van der Waals surface area contributed by atoms with E-state index in [0.29, 0.717) is 17.1 Å². The van der Waals surface area contributed by atoms with Crippen LogP contribution in [0.3, 0.4) is 0 Å². The van der Waals surface area contributed by atoms with Gasteiger partial charge in [-0.25, -0.2) is 14.5 Å². The van der Waals surface area contributed by atoms with E-state index in [9.17, 15) is 19.2 Å². The van der Waals surface area contributed by atoms with Gasteiger partial charge in [0.05, 0.1) is 23.4 Å². The van der Waals surface area contributed by atoms with Crippen molar-refractivity contribution in [3.05, 3.63) is 94.0 Å². The molecule has 1 aliphatic rings. The smallest absolute Gasteiger partial charge is 0.335 e. The van der Waals surface area contributed by atoms with Crippen LogP contribution in [-0.4, -0.2) is 36.0 Å². The molecule has 0 aliphatic carbocycles. The molecular formula is C26H19ClN2O7. The Kier molecular flexibility index (Phi) is 7.03. The number of nitrogens with zero attached hydrogens (tertiary/aromatic N) is 1. The lowest BCUT2D eigenvalue weighted by Crippen LogP contribution is -2.54. The number of amides is 4. The molecule has 0 radical (unpaired) electrons. The highest BCUT2D eigenvalue weighted by molar-refractivity contribution is 6.39. The number of carboxylic acid groups (broad SMARTS) is 1. The number of aromatic carboxylic acids is 1. The van der Waals surface area contributed by atoms with Crippen LogP contribution in [0.5, 0.6) is 11.5 Å². The van der Waals surface area contributed by atoms with E-state index >= 15 is 0 Å². The zero-order valence-electron chi connectivity index (χ0n) is 18.9. The van der Waals surface area contributed by atoms with Gasteiger partial charge in [0.15, 0.2) is 0 Å². The highest BCUT2D eigenvalue weighted by atomic mass is 35.5. The number of rotatable bonds is 7. The number of carboxylic acids is 1. The molecule has 0 atom stereocenters. The van der Waals surface area contributed by atoms with Crippen LogP contribution in [0.15, 0.2) is 72.3 Å². The standard InChI is InChI=1S/C26H19ClN2O7/c1-35-19-9-7-18(8-10-19)29-24(31)20(23(30)28-26(29)34)12-16-4-11-22(21(27)13-16)36-14-15-2-5-17(6-3-15)25(32)33/h2-13H,14H2,1H3,(H,32,33)(H,28,30,34)/b20-12+. The maximum absolute atomic E-state index is 13.0. The Labute approximate surface area is 210 Å². The van der Waals surface area contributed by atoms with Crippen molar-refractivity contribution in [2.24, 2.45) is 0 Å². The van der Waals surface area contributed by atoms with Crippen LogP contribution >= 0.6 is 11.6 Å². The van der Waals surface area contributed by atoms with E-state index < -0.39 is 23.8 Å². The first-order valence-electron chi connectivity index (χ1n) is 10.6. The van der Waals surface area contributed by atoms with Gasteiger partial charge in [0, 0.05) is 0 Å². The molecule has 10 heteroatoms. The molecule has 1 fully saturated rings. The number of anilines is 1. The van der Waals surface area contributed by atoms with Crippen LogP contribution in [0, 0.1) is 0 Å². The average molecular weight is 507 g/mol. The summed E-state index contributed by atoms with van der Waals surface area (Å²) in [4.78, 5) is 49.6. The van der Waals surface area contributed by atoms with Crippen LogP contribution in [0.1, 0.15) is 21.5 Å². The number of methoxy groups -OCH3 is 1. The fraction of sp³-hybridized carbons (Fsp3) is 0.0769. The minimum absolute atomic E-state index is 0.153. The summed E-state index contributed by atoms with van der Waals surface area (Å²) < 4.78 is 10.8. The SMILES string of the molecule is COc1ccc(N2C(=O)NC(=O)/C(=C\c3ccc(OCc4ccc(C(=O)O)cc4)c(Cl)c3)C2=O)cc1. The zero-order chi connectivity index (χ0) is 25.8. The first-order chi connectivity index (χ1) is 17.3. The van der Waals surface area contributed by atoms with Crippen LogP contribution in [-0.2, 0) is 16.2 Å². The number of nitrogens with one attached hydrogen (secondary N) is 1. The maximum Gasteiger partial charge on any atom is 0.335 e. The van der Waals surface area contributed by atoms with Crippen molar-refractivity contribution in [3.63, 3.8) is 0 Å².